The Labute approximate surface area is 149 Å². The highest BCUT2D eigenvalue weighted by atomic mass is 19.4. The van der Waals surface area contributed by atoms with Crippen LogP contribution in [0.1, 0.15) is 19.3 Å². The van der Waals surface area contributed by atoms with Crippen LogP contribution in [0.4, 0.5) is 18.9 Å². The van der Waals surface area contributed by atoms with E-state index in [1.54, 1.807) is 6.20 Å². The first-order valence-electron chi connectivity index (χ1n) is 8.88. The number of amides is 1. The quantitative estimate of drug-likeness (QED) is 0.875. The zero-order chi connectivity index (χ0) is 18.3. The Hall–Kier alpha value is -2.03. The number of ether oxygens (including phenoxy) is 1. The maximum atomic E-state index is 12.5. The van der Waals surface area contributed by atoms with Crippen LogP contribution in [0.15, 0.2) is 18.5 Å². The van der Waals surface area contributed by atoms with Gasteiger partial charge in [0.15, 0.2) is 0 Å². The van der Waals surface area contributed by atoms with Crippen molar-refractivity contribution in [2.45, 2.75) is 43.6 Å². The maximum absolute atomic E-state index is 12.5. The van der Waals surface area contributed by atoms with Crippen molar-refractivity contribution >= 4 is 11.6 Å². The van der Waals surface area contributed by atoms with Gasteiger partial charge in [0.05, 0.1) is 18.1 Å². The third-order valence-corrected chi connectivity index (χ3v) is 5.36. The fourth-order valence-corrected chi connectivity index (χ4v) is 4.05. The number of piperidine rings is 1. The largest absolute Gasteiger partial charge is 0.489 e. The van der Waals surface area contributed by atoms with Gasteiger partial charge < -0.3 is 19.9 Å². The molecule has 3 fully saturated rings. The van der Waals surface area contributed by atoms with E-state index in [1.807, 2.05) is 12.3 Å². The van der Waals surface area contributed by atoms with Gasteiger partial charge in [-0.15, -0.1) is 0 Å². The van der Waals surface area contributed by atoms with Crippen LogP contribution < -0.4 is 15.0 Å². The van der Waals surface area contributed by atoms with E-state index in [0.717, 1.165) is 30.1 Å². The van der Waals surface area contributed by atoms with E-state index in [2.05, 4.69) is 15.2 Å². The molecular weight excluding hydrogens is 349 g/mol. The molecule has 1 amide bonds. The van der Waals surface area contributed by atoms with Gasteiger partial charge in [0.1, 0.15) is 11.9 Å². The van der Waals surface area contributed by atoms with E-state index < -0.39 is 12.1 Å². The van der Waals surface area contributed by atoms with Gasteiger partial charge in [-0.05, 0) is 6.42 Å². The number of fused-ring (bicyclic) bond motifs is 2. The topological polar surface area (TPSA) is 57.7 Å². The zero-order valence-electron chi connectivity index (χ0n) is 14.2. The third-order valence-electron chi connectivity index (χ3n) is 5.36. The summed E-state index contributed by atoms with van der Waals surface area (Å²) in [5.41, 5.74) is 1.01. The molecule has 0 spiro atoms. The van der Waals surface area contributed by atoms with Gasteiger partial charge >= 0.3 is 12.1 Å². The summed E-state index contributed by atoms with van der Waals surface area (Å²) in [5, 5.41) is 3.45. The van der Waals surface area contributed by atoms with Crippen molar-refractivity contribution in [3.8, 4) is 5.75 Å². The fraction of sp³-hybridized carbons (Fsp3) is 0.647. The standard InChI is InChI=1S/C17H21F3N4O2/c18-17(19,20)16(25)23-3-1-14(2-4-23)26-15-6-13(7-21-9-15)24-10-11-5-12(24)8-22-11/h6-7,9,11-12,14,22H,1-5,8,10H2/t11-,12-/m0/s1. The molecule has 4 rings (SSSR count). The van der Waals surface area contributed by atoms with Crippen LogP contribution in [0, 0.1) is 0 Å². The van der Waals surface area contributed by atoms with E-state index in [9.17, 15) is 18.0 Å². The minimum Gasteiger partial charge on any atom is -0.489 e. The molecule has 3 aliphatic rings. The Balaban J connectivity index is 1.34. The van der Waals surface area contributed by atoms with Crippen LogP contribution in [-0.4, -0.2) is 66.3 Å². The summed E-state index contributed by atoms with van der Waals surface area (Å²) < 4.78 is 43.4. The van der Waals surface area contributed by atoms with Crippen molar-refractivity contribution in [2.24, 2.45) is 0 Å². The molecular formula is C17H21F3N4O2. The molecule has 2 atom stereocenters. The second-order valence-corrected chi connectivity index (χ2v) is 7.13. The molecule has 3 saturated heterocycles. The van der Waals surface area contributed by atoms with Crippen LogP contribution in [0.25, 0.3) is 0 Å². The van der Waals surface area contributed by atoms with Crippen molar-refractivity contribution in [3.05, 3.63) is 18.5 Å². The second-order valence-electron chi connectivity index (χ2n) is 7.13. The lowest BCUT2D eigenvalue weighted by molar-refractivity contribution is -0.187. The maximum Gasteiger partial charge on any atom is 0.471 e. The molecule has 0 aliphatic carbocycles. The first-order chi connectivity index (χ1) is 12.4. The van der Waals surface area contributed by atoms with Crippen molar-refractivity contribution < 1.29 is 22.7 Å². The number of carbonyl (C=O) groups excluding carboxylic acids is 1. The summed E-state index contributed by atoms with van der Waals surface area (Å²) in [4.78, 5) is 18.7. The average molecular weight is 370 g/mol. The summed E-state index contributed by atoms with van der Waals surface area (Å²) in [6.45, 7) is 2.03. The fourth-order valence-electron chi connectivity index (χ4n) is 4.05. The predicted octanol–water partition coefficient (Wildman–Crippen LogP) is 1.56. The summed E-state index contributed by atoms with van der Waals surface area (Å²) in [6, 6.07) is 2.95. The lowest BCUT2D eigenvalue weighted by Crippen LogP contribution is -2.47. The van der Waals surface area contributed by atoms with Gasteiger partial charge in [0, 0.05) is 57.2 Å². The first-order valence-corrected chi connectivity index (χ1v) is 8.88. The van der Waals surface area contributed by atoms with Crippen LogP contribution in [0.3, 0.4) is 0 Å². The number of aromatic nitrogens is 1. The van der Waals surface area contributed by atoms with Crippen molar-refractivity contribution in [2.75, 3.05) is 31.1 Å². The molecule has 2 bridgehead atoms. The summed E-state index contributed by atoms with van der Waals surface area (Å²) in [7, 11) is 0. The third kappa shape index (κ3) is 3.44. The number of hydrogen-bond donors (Lipinski definition) is 1. The van der Waals surface area contributed by atoms with Gasteiger partial charge in [-0.3, -0.25) is 9.78 Å². The Morgan fingerprint density at radius 1 is 1.27 bits per heavy atom. The number of likely N-dealkylation sites (tertiary alicyclic amines) is 1. The van der Waals surface area contributed by atoms with Gasteiger partial charge in [-0.25, -0.2) is 0 Å². The number of nitrogens with zero attached hydrogens (tertiary/aromatic N) is 3. The number of pyridine rings is 1. The average Bonchev–Trinajstić information content (AvgIpc) is 3.25. The summed E-state index contributed by atoms with van der Waals surface area (Å²) in [6.07, 6.45) is 0.323. The number of hydrogen-bond acceptors (Lipinski definition) is 5. The molecule has 0 unspecified atom stereocenters. The molecule has 26 heavy (non-hydrogen) atoms. The van der Waals surface area contributed by atoms with E-state index in [-0.39, 0.29) is 19.2 Å². The summed E-state index contributed by atoms with van der Waals surface area (Å²) in [5.74, 6) is -1.14. The van der Waals surface area contributed by atoms with Gasteiger partial charge in [0.2, 0.25) is 0 Å². The number of nitrogens with one attached hydrogen (secondary N) is 1. The Kier molecular flexibility index (Phi) is 4.42. The van der Waals surface area contributed by atoms with Crippen LogP contribution >= 0.6 is 0 Å². The molecule has 1 aromatic rings. The van der Waals surface area contributed by atoms with Gasteiger partial charge in [-0.1, -0.05) is 0 Å². The Morgan fingerprint density at radius 3 is 2.65 bits per heavy atom. The molecule has 9 heteroatoms. The normalized spacial score (nSPS) is 26.4. The molecule has 1 N–H and O–H groups in total. The number of anilines is 1. The molecule has 3 aliphatic heterocycles. The van der Waals surface area contributed by atoms with Crippen LogP contribution in [-0.2, 0) is 4.79 Å². The van der Waals surface area contributed by atoms with E-state index in [4.69, 9.17) is 4.74 Å². The molecule has 4 heterocycles. The molecule has 142 valence electrons. The number of rotatable bonds is 3. The highest BCUT2D eigenvalue weighted by Gasteiger charge is 2.43. The van der Waals surface area contributed by atoms with Crippen molar-refractivity contribution in [1.29, 1.82) is 0 Å². The van der Waals surface area contributed by atoms with E-state index in [1.165, 1.54) is 0 Å². The van der Waals surface area contributed by atoms with Crippen molar-refractivity contribution in [1.82, 2.24) is 15.2 Å². The monoisotopic (exact) mass is 370 g/mol. The highest BCUT2D eigenvalue weighted by molar-refractivity contribution is 5.81. The molecule has 0 radical (unpaired) electrons. The highest BCUT2D eigenvalue weighted by Crippen LogP contribution is 2.31. The smallest absolute Gasteiger partial charge is 0.471 e. The molecule has 0 aromatic carbocycles. The zero-order valence-corrected chi connectivity index (χ0v) is 14.2. The van der Waals surface area contributed by atoms with Gasteiger partial charge in [0.25, 0.3) is 0 Å². The number of alkyl halides is 3. The van der Waals surface area contributed by atoms with Crippen LogP contribution in [0.2, 0.25) is 0 Å². The SMILES string of the molecule is O=C(N1CCC(Oc2cncc(N3C[C@@H]4C[C@H]3CN4)c2)CC1)C(F)(F)F. The second kappa shape index (κ2) is 6.61. The lowest BCUT2D eigenvalue weighted by atomic mass is 10.1. The summed E-state index contributed by atoms with van der Waals surface area (Å²) >= 11 is 0. The number of piperazine rings is 1. The van der Waals surface area contributed by atoms with E-state index in [0.29, 0.717) is 30.7 Å². The molecule has 6 nitrogen and oxygen atoms in total. The Bertz CT molecular complexity index is 676. The molecule has 1 aromatic heterocycles. The molecule has 0 saturated carbocycles. The number of halogens is 3. The minimum absolute atomic E-state index is 0.0533. The van der Waals surface area contributed by atoms with E-state index >= 15 is 0 Å². The number of carbonyl (C=O) groups is 1. The predicted molar refractivity (Wildman–Crippen MR) is 88.1 cm³/mol. The lowest BCUT2D eigenvalue weighted by Gasteiger charge is -2.33. The van der Waals surface area contributed by atoms with Gasteiger partial charge in [-0.2, -0.15) is 13.2 Å². The first kappa shape index (κ1) is 17.4. The minimum atomic E-state index is -4.81. The van der Waals surface area contributed by atoms with Crippen molar-refractivity contribution in [3.63, 3.8) is 0 Å². The Morgan fingerprint density at radius 2 is 2.04 bits per heavy atom. The van der Waals surface area contributed by atoms with Crippen LogP contribution in [0.5, 0.6) is 5.75 Å².